The van der Waals surface area contributed by atoms with Crippen molar-refractivity contribution in [1.29, 1.82) is 0 Å². The predicted molar refractivity (Wildman–Crippen MR) is 106 cm³/mol. The van der Waals surface area contributed by atoms with E-state index in [4.69, 9.17) is 14.2 Å². The second-order valence-corrected chi connectivity index (χ2v) is 6.37. The van der Waals surface area contributed by atoms with E-state index in [2.05, 4.69) is 10.3 Å². The van der Waals surface area contributed by atoms with E-state index in [0.717, 1.165) is 11.3 Å². The zero-order chi connectivity index (χ0) is 21.4. The van der Waals surface area contributed by atoms with E-state index in [0.29, 0.717) is 24.2 Å². The molecule has 8 nitrogen and oxygen atoms in total. The first kappa shape index (κ1) is 22.0. The highest BCUT2D eigenvalue weighted by atomic mass is 16.5. The van der Waals surface area contributed by atoms with Crippen LogP contribution in [0.2, 0.25) is 0 Å². The van der Waals surface area contributed by atoms with Crippen LogP contribution in [-0.4, -0.2) is 49.7 Å². The molecule has 1 aromatic carbocycles. The molecule has 8 heteroatoms. The van der Waals surface area contributed by atoms with E-state index in [1.165, 1.54) is 0 Å². The van der Waals surface area contributed by atoms with Crippen LogP contribution >= 0.6 is 0 Å². The molecule has 1 aromatic heterocycles. The molecule has 29 heavy (non-hydrogen) atoms. The second kappa shape index (κ2) is 10.3. The van der Waals surface area contributed by atoms with E-state index >= 15 is 0 Å². The Balaban J connectivity index is 1.83. The van der Waals surface area contributed by atoms with E-state index in [1.54, 1.807) is 27.9 Å². The molecule has 2 aromatic rings. The number of aryl methyl sites for hydroxylation is 1. The molecule has 0 unspecified atom stereocenters. The Bertz CT molecular complexity index is 870. The maximum Gasteiger partial charge on any atom is 0.355 e. The van der Waals surface area contributed by atoms with Crippen molar-refractivity contribution < 1.29 is 28.6 Å². The number of rotatable bonds is 9. The quantitative estimate of drug-likeness (QED) is 0.624. The summed E-state index contributed by atoms with van der Waals surface area (Å²) in [6.07, 6.45) is 0.641. The van der Waals surface area contributed by atoms with E-state index < -0.39 is 24.5 Å². The van der Waals surface area contributed by atoms with Gasteiger partial charge in [-0.05, 0) is 50.5 Å². The summed E-state index contributed by atoms with van der Waals surface area (Å²) in [6.45, 7) is 5.22. The lowest BCUT2D eigenvalue weighted by Crippen LogP contribution is -2.30. The van der Waals surface area contributed by atoms with Crippen LogP contribution in [0.3, 0.4) is 0 Å². The highest BCUT2D eigenvalue weighted by molar-refractivity contribution is 5.99. The lowest BCUT2D eigenvalue weighted by atomic mass is 10.1. The summed E-state index contributed by atoms with van der Waals surface area (Å²) in [5, 5.41) is 2.71. The van der Waals surface area contributed by atoms with Gasteiger partial charge in [-0.15, -0.1) is 0 Å². The van der Waals surface area contributed by atoms with Crippen LogP contribution in [0.5, 0.6) is 5.75 Å². The van der Waals surface area contributed by atoms with E-state index in [1.807, 2.05) is 24.3 Å². The average molecular weight is 402 g/mol. The molecule has 0 atom stereocenters. The van der Waals surface area contributed by atoms with E-state index in [9.17, 15) is 14.4 Å². The predicted octanol–water partition coefficient (Wildman–Crippen LogP) is 2.33. The number of H-pyrrole nitrogens is 1. The number of benzene rings is 1. The fourth-order valence-corrected chi connectivity index (χ4v) is 2.86. The molecule has 0 aliphatic heterocycles. The third-order valence-corrected chi connectivity index (χ3v) is 4.35. The molecule has 1 heterocycles. The first-order valence-corrected chi connectivity index (χ1v) is 9.30. The van der Waals surface area contributed by atoms with E-state index in [-0.39, 0.29) is 17.9 Å². The summed E-state index contributed by atoms with van der Waals surface area (Å²) in [6, 6.07) is 7.54. The van der Waals surface area contributed by atoms with Gasteiger partial charge in [-0.2, -0.15) is 0 Å². The number of hydrogen-bond acceptors (Lipinski definition) is 6. The van der Waals surface area contributed by atoms with Gasteiger partial charge in [0.05, 0.1) is 19.3 Å². The van der Waals surface area contributed by atoms with Crippen LogP contribution in [0.25, 0.3) is 0 Å². The van der Waals surface area contributed by atoms with Crippen molar-refractivity contribution in [3.8, 4) is 5.75 Å². The zero-order valence-electron chi connectivity index (χ0n) is 17.1. The molecular weight excluding hydrogens is 376 g/mol. The van der Waals surface area contributed by atoms with Crippen molar-refractivity contribution >= 4 is 17.8 Å². The zero-order valence-corrected chi connectivity index (χ0v) is 17.1. The summed E-state index contributed by atoms with van der Waals surface area (Å²) in [5.41, 5.74) is 2.41. The highest BCUT2D eigenvalue weighted by Crippen LogP contribution is 2.19. The summed E-state index contributed by atoms with van der Waals surface area (Å²) in [4.78, 5) is 39.1. The molecule has 0 aliphatic carbocycles. The van der Waals surface area contributed by atoms with Gasteiger partial charge in [0.2, 0.25) is 0 Å². The molecule has 0 spiro atoms. The number of methoxy groups -OCH3 is 1. The number of carbonyl (C=O) groups excluding carboxylic acids is 3. The largest absolute Gasteiger partial charge is 0.497 e. The van der Waals surface area contributed by atoms with Gasteiger partial charge in [0.15, 0.2) is 6.61 Å². The molecular formula is C21H26N2O6. The monoisotopic (exact) mass is 402 g/mol. The Morgan fingerprint density at radius 2 is 1.72 bits per heavy atom. The van der Waals surface area contributed by atoms with Crippen molar-refractivity contribution in [1.82, 2.24) is 10.3 Å². The minimum absolute atomic E-state index is 0.209. The molecule has 0 saturated carbocycles. The molecule has 2 rings (SSSR count). The minimum Gasteiger partial charge on any atom is -0.497 e. The topological polar surface area (TPSA) is 107 Å². The van der Waals surface area contributed by atoms with Gasteiger partial charge in [-0.3, -0.25) is 4.79 Å². The van der Waals surface area contributed by atoms with Crippen molar-refractivity contribution in [2.24, 2.45) is 0 Å². The molecule has 0 bridgehead atoms. The fourth-order valence-electron chi connectivity index (χ4n) is 2.86. The first-order chi connectivity index (χ1) is 13.9. The number of aromatic amines is 1. The maximum atomic E-state index is 12.4. The molecule has 0 fully saturated rings. The van der Waals surface area contributed by atoms with Crippen LogP contribution in [0.15, 0.2) is 24.3 Å². The molecule has 0 saturated heterocycles. The standard InChI is InChI=1S/C21H26N2O6/c1-5-28-21(26)19-13(2)18(14(3)23-19)20(25)29-12-17(24)22-11-10-15-6-8-16(27-4)9-7-15/h6-9,23H,5,10-12H2,1-4H3,(H,22,24). The summed E-state index contributed by atoms with van der Waals surface area (Å²) in [5.74, 6) is -0.838. The summed E-state index contributed by atoms with van der Waals surface area (Å²) < 4.78 is 15.2. The number of hydrogen-bond donors (Lipinski definition) is 2. The van der Waals surface area contributed by atoms with Crippen molar-refractivity contribution in [3.05, 3.63) is 52.3 Å². The Morgan fingerprint density at radius 3 is 2.34 bits per heavy atom. The number of carbonyl (C=O) groups is 3. The first-order valence-electron chi connectivity index (χ1n) is 9.30. The Kier molecular flexibility index (Phi) is 7.82. The van der Waals surface area contributed by atoms with Crippen molar-refractivity contribution in [2.75, 3.05) is 26.9 Å². The Hall–Kier alpha value is -3.29. The third kappa shape index (κ3) is 5.84. The van der Waals surface area contributed by atoms with Crippen molar-refractivity contribution in [2.45, 2.75) is 27.2 Å². The normalized spacial score (nSPS) is 10.3. The van der Waals surface area contributed by atoms with Gasteiger partial charge in [0, 0.05) is 12.2 Å². The molecule has 0 radical (unpaired) electrons. The van der Waals surface area contributed by atoms with Gasteiger partial charge in [-0.25, -0.2) is 9.59 Å². The van der Waals surface area contributed by atoms with Crippen LogP contribution in [-0.2, 0) is 20.7 Å². The molecule has 2 N–H and O–H groups in total. The van der Waals surface area contributed by atoms with Gasteiger partial charge >= 0.3 is 11.9 Å². The Morgan fingerprint density at radius 1 is 1.03 bits per heavy atom. The third-order valence-electron chi connectivity index (χ3n) is 4.35. The van der Waals surface area contributed by atoms with Gasteiger partial charge in [0.1, 0.15) is 11.4 Å². The average Bonchev–Trinajstić information content (AvgIpc) is 3.01. The SMILES string of the molecule is CCOC(=O)c1[nH]c(C)c(C(=O)OCC(=O)NCCc2ccc(OC)cc2)c1C. The minimum atomic E-state index is -0.669. The van der Waals surface area contributed by atoms with Crippen molar-refractivity contribution in [3.63, 3.8) is 0 Å². The van der Waals surface area contributed by atoms with Gasteiger partial charge < -0.3 is 24.5 Å². The number of esters is 2. The number of ether oxygens (including phenoxy) is 3. The van der Waals surface area contributed by atoms with Crippen LogP contribution in [0.1, 0.15) is 44.6 Å². The number of amides is 1. The number of nitrogens with one attached hydrogen (secondary N) is 2. The summed E-state index contributed by atoms with van der Waals surface area (Å²) in [7, 11) is 1.60. The van der Waals surface area contributed by atoms with Crippen LogP contribution in [0.4, 0.5) is 0 Å². The number of aromatic nitrogens is 1. The summed E-state index contributed by atoms with van der Waals surface area (Å²) >= 11 is 0. The van der Waals surface area contributed by atoms with Gasteiger partial charge in [0.25, 0.3) is 5.91 Å². The fraction of sp³-hybridized carbons (Fsp3) is 0.381. The maximum absolute atomic E-state index is 12.4. The molecule has 1 amide bonds. The second-order valence-electron chi connectivity index (χ2n) is 6.37. The lowest BCUT2D eigenvalue weighted by Gasteiger charge is -2.08. The lowest BCUT2D eigenvalue weighted by molar-refractivity contribution is -0.124. The molecule has 156 valence electrons. The highest BCUT2D eigenvalue weighted by Gasteiger charge is 2.24. The smallest absolute Gasteiger partial charge is 0.355 e. The Labute approximate surface area is 169 Å². The van der Waals surface area contributed by atoms with Gasteiger partial charge in [-0.1, -0.05) is 12.1 Å². The molecule has 0 aliphatic rings. The van der Waals surface area contributed by atoms with Crippen LogP contribution < -0.4 is 10.1 Å². The van der Waals surface area contributed by atoms with Crippen LogP contribution in [0, 0.1) is 13.8 Å².